The third-order valence-electron chi connectivity index (χ3n) is 3.28. The molecule has 1 fully saturated rings. The molecule has 3 nitrogen and oxygen atoms in total. The quantitative estimate of drug-likeness (QED) is 0.922. The minimum Gasteiger partial charge on any atom is -0.481 e. The van der Waals surface area contributed by atoms with E-state index in [-0.39, 0.29) is 11.8 Å². The Labute approximate surface area is 113 Å². The molecule has 17 heavy (non-hydrogen) atoms. The molecule has 1 aliphatic rings. The molecule has 5 heteroatoms. The number of aliphatic carboxylic acids is 1. The number of aromatic nitrogens is 1. The highest BCUT2D eigenvalue weighted by molar-refractivity contribution is 9.11. The van der Waals surface area contributed by atoms with Crippen molar-refractivity contribution < 1.29 is 9.90 Å². The summed E-state index contributed by atoms with van der Waals surface area (Å²) < 4.78 is 0.955. The molecule has 0 radical (unpaired) electrons. The number of rotatable bonds is 3. The van der Waals surface area contributed by atoms with Crippen LogP contribution in [-0.2, 0) is 4.79 Å². The maximum atomic E-state index is 11.2. The average molecular weight is 316 g/mol. The minimum atomic E-state index is -0.702. The van der Waals surface area contributed by atoms with Gasteiger partial charge in [-0.1, -0.05) is 19.4 Å². The Morgan fingerprint density at radius 3 is 2.65 bits per heavy atom. The van der Waals surface area contributed by atoms with Gasteiger partial charge in [-0.25, -0.2) is 4.98 Å². The lowest BCUT2D eigenvalue weighted by atomic mass is 9.76. The van der Waals surface area contributed by atoms with Gasteiger partial charge in [0, 0.05) is 0 Å². The van der Waals surface area contributed by atoms with Gasteiger partial charge in [-0.05, 0) is 40.3 Å². The molecule has 1 aromatic heterocycles. The summed E-state index contributed by atoms with van der Waals surface area (Å²) in [5.41, 5.74) is 0.882. The highest BCUT2D eigenvalue weighted by Crippen LogP contribution is 2.40. The first-order valence-corrected chi connectivity index (χ1v) is 7.24. The normalized spacial score (nSPS) is 24.5. The molecule has 1 N–H and O–H groups in total. The van der Waals surface area contributed by atoms with Crippen molar-refractivity contribution in [1.29, 1.82) is 0 Å². The molecular weight excluding hydrogens is 302 g/mol. The van der Waals surface area contributed by atoms with Crippen LogP contribution >= 0.6 is 27.3 Å². The summed E-state index contributed by atoms with van der Waals surface area (Å²) in [5.74, 6) is -0.954. The van der Waals surface area contributed by atoms with E-state index in [1.165, 1.54) is 11.3 Å². The lowest BCUT2D eigenvalue weighted by molar-refractivity contribution is -0.143. The van der Waals surface area contributed by atoms with Gasteiger partial charge in [0.1, 0.15) is 5.01 Å². The molecule has 2 unspecified atom stereocenters. The van der Waals surface area contributed by atoms with Gasteiger partial charge in [0.25, 0.3) is 0 Å². The molecule has 0 saturated heterocycles. The number of carboxylic acids is 1. The predicted octanol–water partition coefficient (Wildman–Crippen LogP) is 3.81. The summed E-state index contributed by atoms with van der Waals surface area (Å²) in [7, 11) is 0. The lowest BCUT2D eigenvalue weighted by Gasteiger charge is -2.29. The molecule has 0 aromatic carbocycles. The second kappa shape index (κ2) is 5.31. The molecule has 0 aliphatic heterocycles. The number of hydrogen-bond acceptors (Lipinski definition) is 3. The van der Waals surface area contributed by atoms with Gasteiger partial charge in [-0.15, -0.1) is 11.3 Å². The van der Waals surface area contributed by atoms with Crippen LogP contribution in [0.15, 0.2) is 16.6 Å². The Kier molecular flexibility index (Phi) is 3.99. The van der Waals surface area contributed by atoms with Crippen LogP contribution in [0, 0.1) is 11.8 Å². The number of nitrogens with zero attached hydrogens (tertiary/aromatic N) is 1. The van der Waals surface area contributed by atoms with Crippen molar-refractivity contribution in [3.63, 3.8) is 0 Å². The summed E-state index contributed by atoms with van der Waals surface area (Å²) in [6, 6.07) is 0. The number of halogens is 1. The van der Waals surface area contributed by atoms with Crippen molar-refractivity contribution in [3.05, 3.63) is 21.6 Å². The fraction of sp³-hybridized carbons (Fsp3) is 0.500. The van der Waals surface area contributed by atoms with Crippen molar-refractivity contribution in [1.82, 2.24) is 4.98 Å². The Bertz CT molecular complexity index is 443. The number of carbonyl (C=O) groups is 1. The van der Waals surface area contributed by atoms with Gasteiger partial charge < -0.3 is 5.11 Å². The van der Waals surface area contributed by atoms with Crippen molar-refractivity contribution >= 4 is 38.8 Å². The topological polar surface area (TPSA) is 50.2 Å². The fourth-order valence-corrected chi connectivity index (χ4v) is 3.65. The van der Waals surface area contributed by atoms with Gasteiger partial charge >= 0.3 is 5.97 Å². The van der Waals surface area contributed by atoms with Crippen LogP contribution in [0.4, 0.5) is 0 Å². The first kappa shape index (κ1) is 12.8. The molecule has 1 aliphatic carbocycles. The third-order valence-corrected chi connectivity index (χ3v) is 4.83. The van der Waals surface area contributed by atoms with Gasteiger partial charge in [-0.3, -0.25) is 4.79 Å². The number of hydrogen-bond donors (Lipinski definition) is 1. The summed E-state index contributed by atoms with van der Waals surface area (Å²) in [5, 5.41) is 10.1. The molecule has 2 atom stereocenters. The van der Waals surface area contributed by atoms with Crippen molar-refractivity contribution in [3.8, 4) is 0 Å². The van der Waals surface area contributed by atoms with E-state index >= 15 is 0 Å². The molecule has 92 valence electrons. The fourth-order valence-electron chi connectivity index (χ4n) is 2.41. The molecule has 1 aromatic rings. The predicted molar refractivity (Wildman–Crippen MR) is 71.9 cm³/mol. The van der Waals surface area contributed by atoms with E-state index < -0.39 is 5.97 Å². The first-order valence-electron chi connectivity index (χ1n) is 5.63. The van der Waals surface area contributed by atoms with Gasteiger partial charge in [-0.2, -0.15) is 0 Å². The lowest BCUT2D eigenvalue weighted by Crippen LogP contribution is -2.27. The van der Waals surface area contributed by atoms with Crippen LogP contribution in [0.3, 0.4) is 0 Å². The van der Waals surface area contributed by atoms with Crippen LogP contribution in [0.5, 0.6) is 0 Å². The largest absolute Gasteiger partial charge is 0.481 e. The molecule has 0 bridgehead atoms. The Hall–Kier alpha value is -0.680. The smallest absolute Gasteiger partial charge is 0.307 e. The van der Waals surface area contributed by atoms with Gasteiger partial charge in [0.2, 0.25) is 0 Å². The summed E-state index contributed by atoms with van der Waals surface area (Å²) >= 11 is 4.88. The van der Waals surface area contributed by atoms with Crippen LogP contribution in [0.2, 0.25) is 0 Å². The van der Waals surface area contributed by atoms with Crippen LogP contribution in [0.25, 0.3) is 5.57 Å². The average Bonchev–Trinajstić information content (AvgIpc) is 2.75. The second-order valence-electron chi connectivity index (χ2n) is 4.33. The maximum Gasteiger partial charge on any atom is 0.307 e. The van der Waals surface area contributed by atoms with Gasteiger partial charge in [0.05, 0.1) is 15.9 Å². The van der Waals surface area contributed by atoms with E-state index in [0.717, 1.165) is 40.1 Å². The van der Waals surface area contributed by atoms with Crippen LogP contribution in [-0.4, -0.2) is 16.1 Å². The van der Waals surface area contributed by atoms with E-state index in [0.29, 0.717) is 0 Å². The van der Waals surface area contributed by atoms with Crippen LogP contribution < -0.4 is 0 Å². The molecule has 1 saturated carbocycles. The monoisotopic (exact) mass is 315 g/mol. The van der Waals surface area contributed by atoms with Crippen molar-refractivity contribution in [2.45, 2.75) is 25.7 Å². The minimum absolute atomic E-state index is 0.0410. The van der Waals surface area contributed by atoms with Crippen LogP contribution in [0.1, 0.15) is 30.7 Å². The maximum absolute atomic E-state index is 11.2. The SMILES string of the molecule is C=C(c1ncc(Br)s1)C1CCCCC1C(=O)O. The Morgan fingerprint density at radius 2 is 2.12 bits per heavy atom. The number of carboxylic acid groups (broad SMARTS) is 1. The van der Waals surface area contributed by atoms with E-state index in [2.05, 4.69) is 27.5 Å². The molecular formula is C12H14BrNO2S. The first-order chi connectivity index (χ1) is 8.09. The number of allylic oxidation sites excluding steroid dienone is 1. The zero-order valence-electron chi connectivity index (χ0n) is 9.36. The molecule has 0 spiro atoms. The Morgan fingerprint density at radius 1 is 1.47 bits per heavy atom. The highest BCUT2D eigenvalue weighted by atomic mass is 79.9. The van der Waals surface area contributed by atoms with E-state index in [1.807, 2.05) is 0 Å². The summed E-state index contributed by atoms with van der Waals surface area (Å²) in [6.45, 7) is 4.06. The highest BCUT2D eigenvalue weighted by Gasteiger charge is 2.33. The van der Waals surface area contributed by atoms with Crippen molar-refractivity contribution in [2.75, 3.05) is 0 Å². The molecule has 2 rings (SSSR count). The zero-order valence-corrected chi connectivity index (χ0v) is 11.8. The van der Waals surface area contributed by atoms with Crippen molar-refractivity contribution in [2.24, 2.45) is 11.8 Å². The Balaban J connectivity index is 2.19. The zero-order chi connectivity index (χ0) is 12.4. The van der Waals surface area contributed by atoms with Gasteiger partial charge in [0.15, 0.2) is 0 Å². The summed E-state index contributed by atoms with van der Waals surface area (Å²) in [6.07, 6.45) is 5.49. The van der Waals surface area contributed by atoms with E-state index in [1.54, 1.807) is 6.20 Å². The molecule has 0 amide bonds. The molecule has 1 heterocycles. The third kappa shape index (κ3) is 2.77. The number of thiazole rings is 1. The van der Waals surface area contributed by atoms with E-state index in [4.69, 9.17) is 0 Å². The van der Waals surface area contributed by atoms with E-state index in [9.17, 15) is 9.90 Å². The second-order valence-corrected chi connectivity index (χ2v) is 6.74. The summed E-state index contributed by atoms with van der Waals surface area (Å²) in [4.78, 5) is 15.5. The standard InChI is InChI=1S/C12H14BrNO2S/c1-7(11-14-6-10(13)17-11)8-4-2-3-5-9(8)12(15)16/h6,8-9H,1-5H2,(H,15,16).